The molecule has 0 aliphatic carbocycles. The van der Waals surface area contributed by atoms with Gasteiger partial charge in [0, 0.05) is 5.92 Å². The fraction of sp³-hybridized carbons (Fsp3) is 0.714. The number of rotatable bonds is 2. The second-order valence-electron chi connectivity index (χ2n) is 2.58. The van der Waals surface area contributed by atoms with Gasteiger partial charge in [-0.25, -0.2) is 0 Å². The van der Waals surface area contributed by atoms with Crippen LogP contribution in [0.25, 0.3) is 0 Å². The predicted molar refractivity (Wildman–Crippen MR) is 39.6 cm³/mol. The Hall–Kier alpha value is -0.370. The first-order valence-corrected chi connectivity index (χ1v) is 3.84. The SMILES string of the molecule is CC(C)C1OC=C(CCl)O1. The highest BCUT2D eigenvalue weighted by Crippen LogP contribution is 2.20. The van der Waals surface area contributed by atoms with E-state index in [4.69, 9.17) is 21.1 Å². The van der Waals surface area contributed by atoms with E-state index in [9.17, 15) is 0 Å². The third-order valence-corrected chi connectivity index (χ3v) is 1.54. The molecule has 1 unspecified atom stereocenters. The van der Waals surface area contributed by atoms with E-state index < -0.39 is 0 Å². The molecule has 0 spiro atoms. The zero-order valence-corrected chi connectivity index (χ0v) is 6.89. The van der Waals surface area contributed by atoms with Gasteiger partial charge in [-0.1, -0.05) is 13.8 Å². The molecule has 1 aliphatic heterocycles. The molecule has 3 heteroatoms. The van der Waals surface area contributed by atoms with Crippen LogP contribution >= 0.6 is 11.6 Å². The van der Waals surface area contributed by atoms with Crippen LogP contribution in [0.2, 0.25) is 0 Å². The monoisotopic (exact) mass is 162 g/mol. The van der Waals surface area contributed by atoms with Crippen molar-refractivity contribution in [3.05, 3.63) is 12.0 Å². The first-order chi connectivity index (χ1) is 4.74. The van der Waals surface area contributed by atoms with Gasteiger partial charge >= 0.3 is 0 Å². The van der Waals surface area contributed by atoms with Crippen LogP contribution in [0.4, 0.5) is 0 Å². The van der Waals surface area contributed by atoms with Gasteiger partial charge in [0.05, 0.1) is 5.88 Å². The van der Waals surface area contributed by atoms with Crippen molar-refractivity contribution in [3.63, 3.8) is 0 Å². The highest BCUT2D eigenvalue weighted by molar-refractivity contribution is 6.19. The minimum absolute atomic E-state index is 0.131. The van der Waals surface area contributed by atoms with Gasteiger partial charge in [0.25, 0.3) is 0 Å². The summed E-state index contributed by atoms with van der Waals surface area (Å²) in [7, 11) is 0. The van der Waals surface area contributed by atoms with Crippen LogP contribution in [0.3, 0.4) is 0 Å². The lowest BCUT2D eigenvalue weighted by atomic mass is 10.2. The zero-order chi connectivity index (χ0) is 7.56. The van der Waals surface area contributed by atoms with Gasteiger partial charge in [-0.05, 0) is 0 Å². The van der Waals surface area contributed by atoms with Crippen LogP contribution in [-0.4, -0.2) is 12.2 Å². The lowest BCUT2D eigenvalue weighted by Gasteiger charge is -2.14. The van der Waals surface area contributed by atoms with Crippen LogP contribution in [0.5, 0.6) is 0 Å². The van der Waals surface area contributed by atoms with E-state index in [-0.39, 0.29) is 6.29 Å². The van der Waals surface area contributed by atoms with E-state index >= 15 is 0 Å². The summed E-state index contributed by atoms with van der Waals surface area (Å²) in [4.78, 5) is 0. The van der Waals surface area contributed by atoms with Gasteiger partial charge in [0.2, 0.25) is 6.29 Å². The molecular weight excluding hydrogens is 152 g/mol. The van der Waals surface area contributed by atoms with Gasteiger partial charge in [-0.15, -0.1) is 11.6 Å². The second kappa shape index (κ2) is 3.15. The minimum Gasteiger partial charge on any atom is -0.459 e. The van der Waals surface area contributed by atoms with Gasteiger partial charge in [-0.2, -0.15) is 0 Å². The maximum Gasteiger partial charge on any atom is 0.242 e. The van der Waals surface area contributed by atoms with Crippen LogP contribution in [0.1, 0.15) is 13.8 Å². The largest absolute Gasteiger partial charge is 0.459 e. The second-order valence-corrected chi connectivity index (χ2v) is 2.85. The summed E-state index contributed by atoms with van der Waals surface area (Å²) in [5.74, 6) is 1.49. The van der Waals surface area contributed by atoms with Crippen molar-refractivity contribution in [2.45, 2.75) is 20.1 Å². The molecule has 0 saturated carbocycles. The molecule has 0 fully saturated rings. The van der Waals surface area contributed by atoms with E-state index in [2.05, 4.69) is 0 Å². The standard InChI is InChI=1S/C7H11ClO2/c1-5(2)7-9-4-6(3-8)10-7/h4-5,7H,3H2,1-2H3. The maximum absolute atomic E-state index is 5.50. The molecule has 0 saturated heterocycles. The molecule has 0 radical (unpaired) electrons. The molecule has 1 heterocycles. The molecule has 1 atom stereocenters. The average molecular weight is 163 g/mol. The van der Waals surface area contributed by atoms with E-state index in [0.29, 0.717) is 11.8 Å². The molecule has 10 heavy (non-hydrogen) atoms. The van der Waals surface area contributed by atoms with Gasteiger partial charge < -0.3 is 9.47 Å². The van der Waals surface area contributed by atoms with Crippen LogP contribution in [-0.2, 0) is 9.47 Å². The molecule has 0 N–H and O–H groups in total. The van der Waals surface area contributed by atoms with Crippen LogP contribution in [0, 0.1) is 5.92 Å². The number of allylic oxidation sites excluding steroid dienone is 1. The maximum atomic E-state index is 5.50. The van der Waals surface area contributed by atoms with Crippen molar-refractivity contribution in [1.29, 1.82) is 0 Å². The van der Waals surface area contributed by atoms with Crippen molar-refractivity contribution < 1.29 is 9.47 Å². The average Bonchev–Trinajstić information content (AvgIpc) is 2.34. The number of hydrogen-bond acceptors (Lipinski definition) is 2. The summed E-state index contributed by atoms with van der Waals surface area (Å²) in [6.45, 7) is 4.07. The highest BCUT2D eigenvalue weighted by atomic mass is 35.5. The van der Waals surface area contributed by atoms with E-state index in [1.54, 1.807) is 6.26 Å². The summed E-state index contributed by atoms with van der Waals surface area (Å²) < 4.78 is 10.4. The third-order valence-electron chi connectivity index (χ3n) is 1.28. The molecule has 1 aliphatic rings. The molecular formula is C7H11ClO2. The van der Waals surface area contributed by atoms with Gasteiger partial charge in [0.15, 0.2) is 0 Å². The molecule has 1 rings (SSSR count). The third kappa shape index (κ3) is 1.57. The van der Waals surface area contributed by atoms with Crippen molar-refractivity contribution in [2.75, 3.05) is 5.88 Å². The zero-order valence-electron chi connectivity index (χ0n) is 6.13. The fourth-order valence-electron chi connectivity index (χ4n) is 0.704. The highest BCUT2D eigenvalue weighted by Gasteiger charge is 2.21. The Morgan fingerprint density at radius 1 is 1.70 bits per heavy atom. The smallest absolute Gasteiger partial charge is 0.242 e. The normalized spacial score (nSPS) is 24.0. The Balaban J connectivity index is 2.36. The van der Waals surface area contributed by atoms with Crippen molar-refractivity contribution in [3.8, 4) is 0 Å². The van der Waals surface area contributed by atoms with Crippen LogP contribution < -0.4 is 0 Å². The lowest BCUT2D eigenvalue weighted by Crippen LogP contribution is -2.16. The summed E-state index contributed by atoms with van der Waals surface area (Å²) in [6.07, 6.45) is 1.45. The quantitative estimate of drug-likeness (QED) is 0.579. The predicted octanol–water partition coefficient (Wildman–Crippen LogP) is 2.10. The van der Waals surface area contributed by atoms with E-state index in [0.717, 1.165) is 5.76 Å². The first kappa shape index (κ1) is 7.73. The fourth-order valence-corrected chi connectivity index (χ4v) is 0.830. The number of hydrogen-bond donors (Lipinski definition) is 0. The van der Waals surface area contributed by atoms with E-state index in [1.807, 2.05) is 13.8 Å². The number of ether oxygens (including phenoxy) is 2. The minimum atomic E-state index is -0.131. The molecule has 0 bridgehead atoms. The number of alkyl halides is 1. The molecule has 0 aromatic carbocycles. The van der Waals surface area contributed by atoms with E-state index in [1.165, 1.54) is 0 Å². The molecule has 58 valence electrons. The van der Waals surface area contributed by atoms with Crippen molar-refractivity contribution >= 4 is 11.6 Å². The summed E-state index contributed by atoms with van der Waals surface area (Å²) in [5, 5.41) is 0. The molecule has 2 nitrogen and oxygen atoms in total. The van der Waals surface area contributed by atoms with Gasteiger partial charge in [-0.3, -0.25) is 0 Å². The summed E-state index contributed by atoms with van der Waals surface area (Å²) in [5.41, 5.74) is 0. The topological polar surface area (TPSA) is 18.5 Å². The van der Waals surface area contributed by atoms with Crippen LogP contribution in [0.15, 0.2) is 12.0 Å². The Morgan fingerprint density at radius 3 is 2.70 bits per heavy atom. The Kier molecular flexibility index (Phi) is 2.44. The summed E-state index contributed by atoms with van der Waals surface area (Å²) in [6, 6.07) is 0. The molecule has 0 aromatic rings. The van der Waals surface area contributed by atoms with Gasteiger partial charge in [0.1, 0.15) is 12.0 Å². The molecule has 0 aromatic heterocycles. The Morgan fingerprint density at radius 2 is 2.40 bits per heavy atom. The number of halogens is 1. The van der Waals surface area contributed by atoms with Crippen molar-refractivity contribution in [1.82, 2.24) is 0 Å². The summed E-state index contributed by atoms with van der Waals surface area (Å²) >= 11 is 5.50. The lowest BCUT2D eigenvalue weighted by molar-refractivity contribution is -0.0631. The van der Waals surface area contributed by atoms with Crippen molar-refractivity contribution in [2.24, 2.45) is 5.92 Å². The Labute approximate surface area is 65.8 Å². The first-order valence-electron chi connectivity index (χ1n) is 3.31. The molecule has 0 amide bonds. The Bertz CT molecular complexity index is 143.